The molecule has 2 saturated carbocycles. The van der Waals surface area contributed by atoms with Crippen LogP contribution in [0.2, 0.25) is 0 Å². The first-order chi connectivity index (χ1) is 9.82. The first kappa shape index (κ1) is 11.8. The van der Waals surface area contributed by atoms with Gasteiger partial charge in [0, 0.05) is 23.0 Å². The first-order valence-corrected chi connectivity index (χ1v) is 7.48. The summed E-state index contributed by atoms with van der Waals surface area (Å²) in [5.41, 5.74) is 2.52. The maximum absolute atomic E-state index is 9.21. The molecule has 2 aromatic rings. The lowest BCUT2D eigenvalue weighted by Gasteiger charge is -2.17. The molecule has 2 fully saturated rings. The monoisotopic (exact) mass is 262 g/mol. The van der Waals surface area contributed by atoms with Gasteiger partial charge in [0.2, 0.25) is 0 Å². The fourth-order valence-corrected chi connectivity index (χ4v) is 3.41. The van der Waals surface area contributed by atoms with Crippen molar-refractivity contribution in [3.05, 3.63) is 42.0 Å². The average molecular weight is 262 g/mol. The molecule has 0 unspecified atom stereocenters. The molecule has 4 rings (SSSR count). The normalized spacial score (nSPS) is 19.6. The highest BCUT2D eigenvalue weighted by molar-refractivity contribution is 5.97. The van der Waals surface area contributed by atoms with Crippen LogP contribution < -0.4 is 5.32 Å². The number of nitrogens with one attached hydrogen (secondary N) is 1. The van der Waals surface area contributed by atoms with Crippen molar-refractivity contribution in [2.24, 2.45) is 11.3 Å². The van der Waals surface area contributed by atoms with E-state index in [9.17, 15) is 5.26 Å². The lowest BCUT2D eigenvalue weighted by Crippen LogP contribution is -2.17. The highest BCUT2D eigenvalue weighted by Gasteiger charge is 2.53. The van der Waals surface area contributed by atoms with Crippen LogP contribution in [0.5, 0.6) is 0 Å². The summed E-state index contributed by atoms with van der Waals surface area (Å²) in [6, 6.07) is 14.5. The zero-order chi connectivity index (χ0) is 13.6. The molecule has 100 valence electrons. The Morgan fingerprint density at radius 3 is 2.50 bits per heavy atom. The molecule has 2 aliphatic rings. The second-order valence-electron chi connectivity index (χ2n) is 6.31. The molecular weight excluding hydrogens is 244 g/mol. The summed E-state index contributed by atoms with van der Waals surface area (Å²) in [7, 11) is 0. The van der Waals surface area contributed by atoms with E-state index in [0.29, 0.717) is 5.41 Å². The van der Waals surface area contributed by atoms with Crippen LogP contribution in [0.1, 0.15) is 31.2 Å². The van der Waals surface area contributed by atoms with Crippen molar-refractivity contribution >= 4 is 16.5 Å². The molecule has 0 aromatic heterocycles. The SMILES string of the molecule is N#Cc1ccc(NCC2(C3CC3)CC2)c2ccccc12. The van der Waals surface area contributed by atoms with E-state index < -0.39 is 0 Å². The second-order valence-corrected chi connectivity index (χ2v) is 6.31. The molecule has 1 N–H and O–H groups in total. The molecule has 2 heteroatoms. The highest BCUT2D eigenvalue weighted by Crippen LogP contribution is 2.61. The predicted octanol–water partition coefficient (Wildman–Crippen LogP) is 4.31. The Labute approximate surface area is 119 Å². The molecule has 0 atom stereocenters. The van der Waals surface area contributed by atoms with E-state index in [1.54, 1.807) is 0 Å². The van der Waals surface area contributed by atoms with Gasteiger partial charge in [-0.15, -0.1) is 0 Å². The van der Waals surface area contributed by atoms with Gasteiger partial charge in [0.1, 0.15) is 0 Å². The fraction of sp³-hybridized carbons (Fsp3) is 0.389. The van der Waals surface area contributed by atoms with Crippen LogP contribution in [0.3, 0.4) is 0 Å². The molecular formula is C18H18N2. The lowest BCUT2D eigenvalue weighted by atomic mass is 9.99. The van der Waals surface area contributed by atoms with Crippen LogP contribution >= 0.6 is 0 Å². The van der Waals surface area contributed by atoms with E-state index in [1.165, 1.54) is 31.4 Å². The van der Waals surface area contributed by atoms with E-state index in [0.717, 1.165) is 28.8 Å². The quantitative estimate of drug-likeness (QED) is 0.891. The maximum atomic E-state index is 9.21. The van der Waals surface area contributed by atoms with Crippen LogP contribution in [0.4, 0.5) is 5.69 Å². The van der Waals surface area contributed by atoms with Gasteiger partial charge in [-0.3, -0.25) is 0 Å². The second kappa shape index (κ2) is 4.24. The number of hydrogen-bond acceptors (Lipinski definition) is 2. The van der Waals surface area contributed by atoms with E-state index in [1.807, 2.05) is 24.3 Å². The summed E-state index contributed by atoms with van der Waals surface area (Å²) in [5, 5.41) is 15.1. The number of nitrogens with zero attached hydrogens (tertiary/aromatic N) is 1. The molecule has 0 amide bonds. The molecule has 2 nitrogen and oxygen atoms in total. The molecule has 0 radical (unpaired) electrons. The third-order valence-electron chi connectivity index (χ3n) is 5.01. The van der Waals surface area contributed by atoms with Crippen LogP contribution in [0.15, 0.2) is 36.4 Å². The van der Waals surface area contributed by atoms with E-state index in [-0.39, 0.29) is 0 Å². The number of fused-ring (bicyclic) bond motifs is 1. The van der Waals surface area contributed by atoms with Crippen molar-refractivity contribution in [1.29, 1.82) is 5.26 Å². The molecule has 0 saturated heterocycles. The number of benzene rings is 2. The van der Waals surface area contributed by atoms with Gasteiger partial charge in [-0.25, -0.2) is 0 Å². The van der Waals surface area contributed by atoms with Crippen LogP contribution in [0.25, 0.3) is 10.8 Å². The van der Waals surface area contributed by atoms with Crippen molar-refractivity contribution in [3.8, 4) is 6.07 Å². The Morgan fingerprint density at radius 1 is 1.10 bits per heavy atom. The highest BCUT2D eigenvalue weighted by atomic mass is 14.9. The van der Waals surface area contributed by atoms with Gasteiger partial charge < -0.3 is 5.32 Å². The van der Waals surface area contributed by atoms with Gasteiger partial charge in [-0.05, 0) is 49.1 Å². The molecule has 2 aromatic carbocycles. The summed E-state index contributed by atoms with van der Waals surface area (Å²) in [5.74, 6) is 0.972. The zero-order valence-electron chi connectivity index (χ0n) is 11.5. The fourth-order valence-electron chi connectivity index (χ4n) is 3.41. The molecule has 0 bridgehead atoms. The van der Waals surface area contributed by atoms with Gasteiger partial charge >= 0.3 is 0 Å². The van der Waals surface area contributed by atoms with Crippen LogP contribution in [0, 0.1) is 22.7 Å². The number of rotatable bonds is 4. The van der Waals surface area contributed by atoms with Crippen molar-refractivity contribution in [3.63, 3.8) is 0 Å². The predicted molar refractivity (Wildman–Crippen MR) is 81.5 cm³/mol. The van der Waals surface area contributed by atoms with Crippen LogP contribution in [-0.4, -0.2) is 6.54 Å². The first-order valence-electron chi connectivity index (χ1n) is 7.48. The smallest absolute Gasteiger partial charge is 0.0998 e. The van der Waals surface area contributed by atoms with Crippen molar-refractivity contribution in [2.75, 3.05) is 11.9 Å². The minimum Gasteiger partial charge on any atom is -0.384 e. The number of hydrogen-bond donors (Lipinski definition) is 1. The Bertz CT molecular complexity index is 703. The number of nitriles is 1. The Morgan fingerprint density at radius 2 is 1.85 bits per heavy atom. The minimum absolute atomic E-state index is 0.592. The van der Waals surface area contributed by atoms with E-state index in [2.05, 4.69) is 23.5 Å². The van der Waals surface area contributed by atoms with E-state index >= 15 is 0 Å². The largest absolute Gasteiger partial charge is 0.384 e. The van der Waals surface area contributed by atoms with E-state index in [4.69, 9.17) is 0 Å². The Kier molecular flexibility index (Phi) is 2.50. The summed E-state index contributed by atoms with van der Waals surface area (Å²) >= 11 is 0. The van der Waals surface area contributed by atoms with Crippen molar-refractivity contribution in [1.82, 2.24) is 0 Å². The molecule has 20 heavy (non-hydrogen) atoms. The molecule has 0 aliphatic heterocycles. The molecule has 0 spiro atoms. The van der Waals surface area contributed by atoms with Gasteiger partial charge in [0.15, 0.2) is 0 Å². The third-order valence-corrected chi connectivity index (χ3v) is 5.01. The topological polar surface area (TPSA) is 35.8 Å². The summed E-state index contributed by atoms with van der Waals surface area (Å²) < 4.78 is 0. The standard InChI is InChI=1S/C18H18N2/c19-11-13-5-8-17(16-4-2-1-3-15(13)16)20-12-18(9-10-18)14-6-7-14/h1-5,8,14,20H,6-7,9-10,12H2. The average Bonchev–Trinajstić information content (AvgIpc) is 3.38. The van der Waals surface area contributed by atoms with Crippen molar-refractivity contribution in [2.45, 2.75) is 25.7 Å². The summed E-state index contributed by atoms with van der Waals surface area (Å²) in [6.45, 7) is 1.09. The minimum atomic E-state index is 0.592. The molecule has 0 heterocycles. The van der Waals surface area contributed by atoms with Crippen molar-refractivity contribution < 1.29 is 0 Å². The maximum Gasteiger partial charge on any atom is 0.0998 e. The Balaban J connectivity index is 1.65. The lowest BCUT2D eigenvalue weighted by molar-refractivity contribution is 0.467. The Hall–Kier alpha value is -2.01. The summed E-state index contributed by atoms with van der Waals surface area (Å²) in [4.78, 5) is 0. The van der Waals surface area contributed by atoms with Gasteiger partial charge in [-0.1, -0.05) is 24.3 Å². The van der Waals surface area contributed by atoms with Gasteiger partial charge in [0.25, 0.3) is 0 Å². The van der Waals surface area contributed by atoms with Gasteiger partial charge in [-0.2, -0.15) is 5.26 Å². The summed E-state index contributed by atoms with van der Waals surface area (Å²) in [6.07, 6.45) is 5.63. The molecule has 2 aliphatic carbocycles. The van der Waals surface area contributed by atoms with Crippen LogP contribution in [-0.2, 0) is 0 Å². The zero-order valence-corrected chi connectivity index (χ0v) is 11.5. The van der Waals surface area contributed by atoms with Gasteiger partial charge in [0.05, 0.1) is 11.6 Å². The third kappa shape index (κ3) is 1.86. The number of anilines is 1.